The molecule has 0 aliphatic carbocycles. The standard InChI is InChI=1S/C13H9BrClN3O/c1-8-6-9(15)2-3-10(8)19-13-12-16-4-5-18(12)7-11(14)17-13/h2-7H,1H3. The number of aromatic nitrogens is 3. The second-order valence-electron chi connectivity index (χ2n) is 4.04. The van der Waals surface area contributed by atoms with Crippen LogP contribution in [-0.2, 0) is 0 Å². The first-order valence-electron chi connectivity index (χ1n) is 5.57. The van der Waals surface area contributed by atoms with Crippen LogP contribution in [0.1, 0.15) is 5.56 Å². The molecule has 0 saturated carbocycles. The van der Waals surface area contributed by atoms with Gasteiger partial charge in [0.1, 0.15) is 10.4 Å². The van der Waals surface area contributed by atoms with Gasteiger partial charge in [0.15, 0.2) is 0 Å². The molecule has 6 heteroatoms. The van der Waals surface area contributed by atoms with Gasteiger partial charge in [-0.1, -0.05) is 11.6 Å². The summed E-state index contributed by atoms with van der Waals surface area (Å²) in [6.07, 6.45) is 5.36. The molecule has 0 bridgehead atoms. The molecule has 0 radical (unpaired) electrons. The molecule has 0 fully saturated rings. The lowest BCUT2D eigenvalue weighted by atomic mass is 10.2. The molecule has 2 heterocycles. The second kappa shape index (κ2) is 4.83. The lowest BCUT2D eigenvalue weighted by Crippen LogP contribution is -1.96. The Morgan fingerprint density at radius 3 is 3.00 bits per heavy atom. The predicted octanol–water partition coefficient (Wildman–Crippen LogP) is 4.25. The molecule has 19 heavy (non-hydrogen) atoms. The maximum Gasteiger partial charge on any atom is 0.264 e. The van der Waals surface area contributed by atoms with E-state index in [1.807, 2.05) is 35.9 Å². The van der Waals surface area contributed by atoms with Crippen LogP contribution in [0.5, 0.6) is 11.6 Å². The van der Waals surface area contributed by atoms with Crippen LogP contribution in [0.25, 0.3) is 5.65 Å². The molecule has 96 valence electrons. The number of ether oxygens (including phenoxy) is 1. The number of rotatable bonds is 2. The first kappa shape index (κ1) is 12.4. The van der Waals surface area contributed by atoms with Gasteiger partial charge in [0, 0.05) is 23.6 Å². The summed E-state index contributed by atoms with van der Waals surface area (Å²) in [4.78, 5) is 8.54. The smallest absolute Gasteiger partial charge is 0.264 e. The van der Waals surface area contributed by atoms with Gasteiger partial charge in [-0.05, 0) is 46.6 Å². The minimum Gasteiger partial charge on any atom is -0.436 e. The van der Waals surface area contributed by atoms with Gasteiger partial charge in [-0.2, -0.15) is 0 Å². The third-order valence-electron chi connectivity index (χ3n) is 2.66. The zero-order chi connectivity index (χ0) is 13.4. The number of hydrogen-bond acceptors (Lipinski definition) is 3. The maximum atomic E-state index is 5.93. The summed E-state index contributed by atoms with van der Waals surface area (Å²) in [6.45, 7) is 1.93. The Balaban J connectivity index is 2.07. The summed E-state index contributed by atoms with van der Waals surface area (Å²) in [5.74, 6) is 1.16. The second-order valence-corrected chi connectivity index (χ2v) is 5.29. The van der Waals surface area contributed by atoms with Gasteiger partial charge in [0.2, 0.25) is 5.65 Å². The van der Waals surface area contributed by atoms with Crippen molar-refractivity contribution in [2.24, 2.45) is 0 Å². The topological polar surface area (TPSA) is 39.4 Å². The molecule has 0 spiro atoms. The van der Waals surface area contributed by atoms with Crippen molar-refractivity contribution in [1.82, 2.24) is 14.4 Å². The average molecular weight is 339 g/mol. The molecule has 0 aliphatic heterocycles. The van der Waals surface area contributed by atoms with Crippen molar-refractivity contribution in [2.75, 3.05) is 0 Å². The fraction of sp³-hybridized carbons (Fsp3) is 0.0769. The third-order valence-corrected chi connectivity index (χ3v) is 3.27. The zero-order valence-electron chi connectivity index (χ0n) is 9.97. The molecule has 3 aromatic rings. The summed E-state index contributed by atoms with van der Waals surface area (Å²) in [5, 5.41) is 0.679. The lowest BCUT2D eigenvalue weighted by Gasteiger charge is -2.09. The van der Waals surface area contributed by atoms with Gasteiger partial charge in [0.05, 0.1) is 0 Å². The number of hydrogen-bond donors (Lipinski definition) is 0. The Kier molecular flexibility index (Phi) is 3.16. The molecule has 2 aromatic heterocycles. The van der Waals surface area contributed by atoms with Gasteiger partial charge >= 0.3 is 0 Å². The van der Waals surface area contributed by atoms with Crippen molar-refractivity contribution in [3.63, 3.8) is 0 Å². The monoisotopic (exact) mass is 337 g/mol. The van der Waals surface area contributed by atoms with Crippen molar-refractivity contribution in [1.29, 1.82) is 0 Å². The highest BCUT2D eigenvalue weighted by Gasteiger charge is 2.10. The van der Waals surface area contributed by atoms with Crippen LogP contribution in [-0.4, -0.2) is 14.4 Å². The molecule has 0 atom stereocenters. The molecule has 0 amide bonds. The third kappa shape index (κ3) is 2.43. The van der Waals surface area contributed by atoms with Crippen molar-refractivity contribution in [2.45, 2.75) is 6.92 Å². The Morgan fingerprint density at radius 2 is 2.21 bits per heavy atom. The lowest BCUT2D eigenvalue weighted by molar-refractivity contribution is 0.460. The average Bonchev–Trinajstić information content (AvgIpc) is 2.80. The Morgan fingerprint density at radius 1 is 1.37 bits per heavy atom. The Bertz CT molecular complexity index is 757. The van der Waals surface area contributed by atoms with Gasteiger partial charge in [-0.15, -0.1) is 0 Å². The van der Waals surface area contributed by atoms with E-state index >= 15 is 0 Å². The van der Waals surface area contributed by atoms with Gasteiger partial charge in [-0.3, -0.25) is 4.40 Å². The molecule has 0 saturated heterocycles. The first-order valence-corrected chi connectivity index (χ1v) is 6.74. The van der Waals surface area contributed by atoms with Crippen LogP contribution < -0.4 is 4.74 Å². The normalized spacial score (nSPS) is 10.9. The zero-order valence-corrected chi connectivity index (χ0v) is 12.3. The van der Waals surface area contributed by atoms with E-state index in [1.54, 1.807) is 12.3 Å². The number of nitrogens with zero attached hydrogens (tertiary/aromatic N) is 3. The Hall–Kier alpha value is -1.59. The van der Waals surface area contributed by atoms with E-state index in [1.165, 1.54) is 0 Å². The highest BCUT2D eigenvalue weighted by atomic mass is 79.9. The summed E-state index contributed by atoms with van der Waals surface area (Å²) in [6, 6.07) is 5.45. The number of fused-ring (bicyclic) bond motifs is 1. The van der Waals surface area contributed by atoms with Crippen LogP contribution >= 0.6 is 27.5 Å². The van der Waals surface area contributed by atoms with Crippen LogP contribution in [0, 0.1) is 6.92 Å². The fourth-order valence-electron chi connectivity index (χ4n) is 1.77. The number of halogens is 2. The fourth-order valence-corrected chi connectivity index (χ4v) is 2.38. The number of imidazole rings is 1. The van der Waals surface area contributed by atoms with E-state index in [-0.39, 0.29) is 0 Å². The number of benzene rings is 1. The van der Waals surface area contributed by atoms with Crippen molar-refractivity contribution < 1.29 is 4.74 Å². The SMILES string of the molecule is Cc1cc(Cl)ccc1Oc1nc(Br)cn2ccnc12. The highest BCUT2D eigenvalue weighted by Crippen LogP contribution is 2.29. The van der Waals surface area contributed by atoms with Crippen LogP contribution in [0.4, 0.5) is 0 Å². The molecule has 0 N–H and O–H groups in total. The van der Waals surface area contributed by atoms with Crippen molar-refractivity contribution >= 4 is 33.2 Å². The largest absolute Gasteiger partial charge is 0.436 e. The van der Waals surface area contributed by atoms with E-state index < -0.39 is 0 Å². The summed E-state index contributed by atoms with van der Waals surface area (Å²) >= 11 is 9.28. The quantitative estimate of drug-likeness (QED) is 0.701. The van der Waals surface area contributed by atoms with Gasteiger partial charge in [-0.25, -0.2) is 9.97 Å². The van der Waals surface area contributed by atoms with E-state index in [0.29, 0.717) is 26.9 Å². The molecule has 0 unspecified atom stereocenters. The molecule has 0 aliphatic rings. The Labute approximate surface area is 123 Å². The van der Waals surface area contributed by atoms with E-state index in [0.717, 1.165) is 5.56 Å². The molecular weight excluding hydrogens is 330 g/mol. The van der Waals surface area contributed by atoms with E-state index in [9.17, 15) is 0 Å². The van der Waals surface area contributed by atoms with E-state index in [2.05, 4.69) is 25.9 Å². The van der Waals surface area contributed by atoms with Gasteiger partial charge in [0.25, 0.3) is 5.88 Å². The molecular formula is C13H9BrClN3O. The minimum atomic E-state index is 0.449. The van der Waals surface area contributed by atoms with E-state index in [4.69, 9.17) is 16.3 Å². The summed E-state index contributed by atoms with van der Waals surface area (Å²) < 4.78 is 8.36. The predicted molar refractivity (Wildman–Crippen MR) is 77.0 cm³/mol. The number of aryl methyl sites for hydroxylation is 1. The maximum absolute atomic E-state index is 5.93. The molecule has 3 rings (SSSR count). The highest BCUT2D eigenvalue weighted by molar-refractivity contribution is 9.10. The molecule has 1 aromatic carbocycles. The molecule has 4 nitrogen and oxygen atoms in total. The summed E-state index contributed by atoms with van der Waals surface area (Å²) in [5.41, 5.74) is 1.61. The van der Waals surface area contributed by atoms with Crippen LogP contribution in [0.15, 0.2) is 41.4 Å². The van der Waals surface area contributed by atoms with Crippen molar-refractivity contribution in [3.05, 3.63) is 52.0 Å². The first-order chi connectivity index (χ1) is 9.13. The van der Waals surface area contributed by atoms with Crippen LogP contribution in [0.2, 0.25) is 5.02 Å². The van der Waals surface area contributed by atoms with Crippen LogP contribution in [0.3, 0.4) is 0 Å². The minimum absolute atomic E-state index is 0.449. The van der Waals surface area contributed by atoms with Gasteiger partial charge < -0.3 is 4.74 Å². The summed E-state index contributed by atoms with van der Waals surface area (Å²) in [7, 11) is 0. The van der Waals surface area contributed by atoms with Crippen molar-refractivity contribution in [3.8, 4) is 11.6 Å².